The van der Waals surface area contributed by atoms with Crippen LogP contribution in [0.15, 0.2) is 12.7 Å². The molecule has 0 aromatic carbocycles. The zero-order valence-corrected chi connectivity index (χ0v) is 34.9. The molecule has 0 aromatic rings. The Morgan fingerprint density at radius 2 is 1.51 bits per heavy atom. The van der Waals surface area contributed by atoms with Crippen molar-refractivity contribution in [3.63, 3.8) is 0 Å². The van der Waals surface area contributed by atoms with E-state index in [1.165, 1.54) is 70.1 Å². The van der Waals surface area contributed by atoms with Gasteiger partial charge in [0.1, 0.15) is 0 Å². The fraction of sp³-hybridized carbons (Fsp3) is 0.850. The third kappa shape index (κ3) is 12.4. The summed E-state index contributed by atoms with van der Waals surface area (Å²) in [5.41, 5.74) is 14.0. The largest absolute Gasteiger partial charge is 0.358 e. The maximum Gasteiger partial charge on any atom is 0.0216 e. The van der Waals surface area contributed by atoms with Crippen molar-refractivity contribution in [3.8, 4) is 0 Å². The zero-order valence-electron chi connectivity index (χ0n) is 32.1. The Bertz CT molecular complexity index is 746. The van der Waals surface area contributed by atoms with Crippen LogP contribution in [0.2, 0.25) is 0 Å². The second-order valence-corrected chi connectivity index (χ2v) is 15.1. The second-order valence-electron chi connectivity index (χ2n) is 15.1. The van der Waals surface area contributed by atoms with Crippen LogP contribution < -0.4 is 21.9 Å². The number of hydrogen-bond acceptors (Lipinski definition) is 4. The standard InChI is InChI=1S/C31H59N4.C5H9.C2H6.2CH3.Y/c1-6-22(2)26-10-11-27-29-23(3)20-24-21-25(35-34-19-8-7-17-33-18-9-16-32)12-14-30(24,4)28(29)13-15-31(26,27)5;1-4-5(2)3;1-2;;;/h22-29,33-35H,1,6-21,32H2,2-5H3;4H,1H2,2-3H3;1-2H3;2*1H3;/q2*-1;;2*-1;. The molecular weight excluding hydrogens is 625 g/mol. The van der Waals surface area contributed by atoms with Gasteiger partial charge in [0.25, 0.3) is 0 Å². The SMILES string of the molecule is C=C[C-](C)C.CC.[CH2-]CC(C)C1CCC2C3C(C)CC4CC(NNCCCCNCCCN)CCC4(C)C3CCC12C.[CH3-].[CH3-].[Y]. The van der Waals surface area contributed by atoms with E-state index in [1.807, 2.05) is 33.8 Å². The first-order valence-corrected chi connectivity index (χ1v) is 18.2. The summed E-state index contributed by atoms with van der Waals surface area (Å²) in [5, 5.41) is 3.48. The quantitative estimate of drug-likeness (QED) is 0.0876. The molecule has 4 aliphatic carbocycles. The minimum Gasteiger partial charge on any atom is -0.358 e. The number of fused-ring (bicyclic) bond motifs is 5. The third-order valence-electron chi connectivity index (χ3n) is 12.4. The van der Waals surface area contributed by atoms with Gasteiger partial charge in [-0.25, -0.2) is 18.6 Å². The normalized spacial score (nSPS) is 35.0. The van der Waals surface area contributed by atoms with Crippen molar-refractivity contribution in [2.75, 3.05) is 26.2 Å². The Morgan fingerprint density at radius 3 is 2.11 bits per heavy atom. The molecule has 10 atom stereocenters. The molecule has 0 saturated heterocycles. The minimum absolute atomic E-state index is 0. The van der Waals surface area contributed by atoms with Gasteiger partial charge in [-0.3, -0.25) is 10.9 Å². The van der Waals surface area contributed by atoms with Gasteiger partial charge in [-0.2, -0.15) is 6.42 Å². The van der Waals surface area contributed by atoms with E-state index in [2.05, 4.69) is 57.4 Å². The predicted molar refractivity (Wildman–Crippen MR) is 199 cm³/mol. The first-order chi connectivity index (χ1) is 20.1. The Hall–Kier alpha value is 0.554. The van der Waals surface area contributed by atoms with Crippen molar-refractivity contribution in [2.45, 2.75) is 138 Å². The molecule has 0 aliphatic heterocycles. The summed E-state index contributed by atoms with van der Waals surface area (Å²) >= 11 is 0. The van der Waals surface area contributed by atoms with Crippen molar-refractivity contribution in [2.24, 2.45) is 58.0 Å². The molecule has 267 valence electrons. The van der Waals surface area contributed by atoms with Crippen LogP contribution in [0.5, 0.6) is 0 Å². The number of allylic oxidation sites excluding steroid dienone is 1. The van der Waals surface area contributed by atoms with E-state index in [0.29, 0.717) is 16.9 Å². The Morgan fingerprint density at radius 1 is 0.933 bits per heavy atom. The molecule has 5 heteroatoms. The van der Waals surface area contributed by atoms with Crippen LogP contribution in [-0.4, -0.2) is 32.2 Å². The maximum absolute atomic E-state index is 5.55. The number of unbranched alkanes of at least 4 members (excludes halogenated alkanes) is 1. The molecule has 4 saturated carbocycles. The van der Waals surface area contributed by atoms with Crippen LogP contribution in [0.1, 0.15) is 132 Å². The molecule has 4 rings (SSSR count). The number of nitrogens with one attached hydrogen (secondary N) is 3. The van der Waals surface area contributed by atoms with Gasteiger partial charge in [0.2, 0.25) is 0 Å². The fourth-order valence-electron chi connectivity index (χ4n) is 9.98. The second kappa shape index (κ2) is 23.8. The number of hydrogen-bond donors (Lipinski definition) is 4. The fourth-order valence-corrected chi connectivity index (χ4v) is 9.98. The van der Waals surface area contributed by atoms with Crippen LogP contribution in [-0.2, 0) is 32.7 Å². The molecule has 10 unspecified atom stereocenters. The molecule has 0 bridgehead atoms. The molecule has 0 spiro atoms. The summed E-state index contributed by atoms with van der Waals surface area (Å²) in [6.07, 6.45) is 18.0. The van der Waals surface area contributed by atoms with E-state index in [4.69, 9.17) is 5.73 Å². The number of hydrazine groups is 1. The maximum atomic E-state index is 5.55. The molecule has 1 radical (unpaired) electrons. The van der Waals surface area contributed by atoms with Crippen LogP contribution in [0.25, 0.3) is 0 Å². The van der Waals surface area contributed by atoms with Crippen molar-refractivity contribution < 1.29 is 32.7 Å². The molecule has 0 heterocycles. The minimum atomic E-state index is 0. The molecule has 45 heavy (non-hydrogen) atoms. The van der Waals surface area contributed by atoms with Crippen LogP contribution in [0.3, 0.4) is 0 Å². The molecular formula is C40H80N4Y-4. The summed E-state index contributed by atoms with van der Waals surface area (Å²) in [6, 6.07) is 0.655. The zero-order chi connectivity index (χ0) is 31.3. The van der Waals surface area contributed by atoms with E-state index >= 15 is 0 Å². The predicted octanol–water partition coefficient (Wildman–Crippen LogP) is 9.64. The average molecular weight is 706 g/mol. The van der Waals surface area contributed by atoms with Gasteiger partial charge in [-0.1, -0.05) is 47.5 Å². The molecule has 4 fully saturated rings. The van der Waals surface area contributed by atoms with Crippen LogP contribution in [0, 0.1) is 80.0 Å². The van der Waals surface area contributed by atoms with Gasteiger partial charge in [0.05, 0.1) is 0 Å². The molecule has 5 N–H and O–H groups in total. The van der Waals surface area contributed by atoms with Gasteiger partial charge in [-0.05, 0) is 137 Å². The monoisotopic (exact) mass is 706 g/mol. The van der Waals surface area contributed by atoms with E-state index in [-0.39, 0.29) is 47.6 Å². The van der Waals surface area contributed by atoms with Crippen molar-refractivity contribution >= 4 is 0 Å². The summed E-state index contributed by atoms with van der Waals surface area (Å²) in [7, 11) is 0. The smallest absolute Gasteiger partial charge is 0.0216 e. The number of rotatable bonds is 13. The van der Waals surface area contributed by atoms with Crippen LogP contribution >= 0.6 is 0 Å². The first kappa shape index (κ1) is 47.7. The molecule has 0 aromatic heterocycles. The van der Waals surface area contributed by atoms with E-state index in [9.17, 15) is 0 Å². The van der Waals surface area contributed by atoms with Gasteiger partial charge < -0.3 is 32.8 Å². The van der Waals surface area contributed by atoms with E-state index in [0.717, 1.165) is 80.4 Å². The summed E-state index contributed by atoms with van der Waals surface area (Å²) in [4.78, 5) is 0. The number of nitrogens with two attached hydrogens (primary N) is 1. The van der Waals surface area contributed by atoms with Crippen LogP contribution in [0.4, 0.5) is 0 Å². The van der Waals surface area contributed by atoms with Crippen molar-refractivity contribution in [3.05, 3.63) is 40.3 Å². The third-order valence-corrected chi connectivity index (χ3v) is 12.4. The molecule has 0 amide bonds. The average Bonchev–Trinajstić information content (AvgIpc) is 3.35. The van der Waals surface area contributed by atoms with Gasteiger partial charge in [0.15, 0.2) is 0 Å². The summed E-state index contributed by atoms with van der Waals surface area (Å²) < 4.78 is 0. The van der Waals surface area contributed by atoms with Gasteiger partial charge in [0, 0.05) is 45.3 Å². The van der Waals surface area contributed by atoms with Gasteiger partial charge >= 0.3 is 0 Å². The first-order valence-electron chi connectivity index (χ1n) is 18.2. The van der Waals surface area contributed by atoms with Crippen molar-refractivity contribution in [1.29, 1.82) is 0 Å². The van der Waals surface area contributed by atoms with Crippen molar-refractivity contribution in [1.82, 2.24) is 16.2 Å². The molecule has 4 aliphatic rings. The Kier molecular flexibility index (Phi) is 25.2. The topological polar surface area (TPSA) is 62.1 Å². The summed E-state index contributed by atoms with van der Waals surface area (Å²) in [6.45, 7) is 30.4. The Balaban J connectivity index is 0. The summed E-state index contributed by atoms with van der Waals surface area (Å²) in [5.74, 6) is 7.68. The van der Waals surface area contributed by atoms with E-state index < -0.39 is 0 Å². The van der Waals surface area contributed by atoms with E-state index in [1.54, 1.807) is 0 Å². The molecule has 4 nitrogen and oxygen atoms in total. The van der Waals surface area contributed by atoms with Gasteiger partial charge in [-0.15, -0.1) is 13.8 Å². The Labute approximate surface area is 310 Å².